The van der Waals surface area contributed by atoms with E-state index in [1.54, 1.807) is 6.20 Å². The molecule has 5 heteroatoms. The third-order valence-electron chi connectivity index (χ3n) is 5.19. The molecule has 4 rings (SSSR count). The van der Waals surface area contributed by atoms with Crippen LogP contribution in [-0.2, 0) is 0 Å². The smallest absolute Gasteiger partial charge is 0.123 e. The predicted molar refractivity (Wildman–Crippen MR) is 107 cm³/mol. The Morgan fingerprint density at radius 2 is 1.85 bits per heavy atom. The van der Waals surface area contributed by atoms with Gasteiger partial charge in [0.2, 0.25) is 0 Å². The van der Waals surface area contributed by atoms with Crippen LogP contribution in [0.2, 0.25) is 0 Å². The molecule has 0 unspecified atom stereocenters. The van der Waals surface area contributed by atoms with Crippen molar-refractivity contribution in [2.75, 3.05) is 20.1 Å². The average molecular weight is 414 g/mol. The first-order valence-electron chi connectivity index (χ1n) is 8.89. The zero-order valence-corrected chi connectivity index (χ0v) is 16.3. The van der Waals surface area contributed by atoms with Crippen LogP contribution >= 0.6 is 15.9 Å². The van der Waals surface area contributed by atoms with Gasteiger partial charge in [0, 0.05) is 39.6 Å². The van der Waals surface area contributed by atoms with Crippen LogP contribution in [0.3, 0.4) is 0 Å². The molecule has 1 fully saturated rings. The van der Waals surface area contributed by atoms with E-state index in [0.29, 0.717) is 5.92 Å². The Labute approximate surface area is 161 Å². The number of hydrogen-bond donors (Lipinski definition) is 1. The lowest BCUT2D eigenvalue weighted by Gasteiger charge is -2.28. The van der Waals surface area contributed by atoms with E-state index in [1.807, 2.05) is 24.4 Å². The molecule has 3 aromatic rings. The molecule has 0 spiro atoms. The molecule has 3 nitrogen and oxygen atoms in total. The highest BCUT2D eigenvalue weighted by molar-refractivity contribution is 9.10. The van der Waals surface area contributed by atoms with E-state index in [2.05, 4.69) is 43.9 Å². The van der Waals surface area contributed by atoms with E-state index in [0.717, 1.165) is 52.8 Å². The lowest BCUT2D eigenvalue weighted by Crippen LogP contribution is -2.29. The second kappa shape index (κ2) is 7.33. The standard InChI is InChI=1S/C21H21BrFN3/c1-26-10-7-14(8-11-26)20-12-18(17-6-9-24-13-19(17)22)21(25-20)15-2-4-16(23)5-3-15/h2-6,9,12-14,25H,7-8,10-11H2,1H3. The lowest BCUT2D eigenvalue weighted by atomic mass is 9.93. The second-order valence-electron chi connectivity index (χ2n) is 6.95. The van der Waals surface area contributed by atoms with Gasteiger partial charge >= 0.3 is 0 Å². The summed E-state index contributed by atoms with van der Waals surface area (Å²) in [5.41, 5.74) is 5.50. The normalized spacial score (nSPS) is 16.1. The Balaban J connectivity index is 1.80. The topological polar surface area (TPSA) is 31.9 Å². The molecule has 134 valence electrons. The molecule has 2 aromatic heterocycles. The fraction of sp³-hybridized carbons (Fsp3) is 0.286. The maximum atomic E-state index is 13.4. The summed E-state index contributed by atoms with van der Waals surface area (Å²) in [5, 5.41) is 0. The van der Waals surface area contributed by atoms with Gasteiger partial charge in [-0.1, -0.05) is 0 Å². The summed E-state index contributed by atoms with van der Waals surface area (Å²) >= 11 is 3.62. The van der Waals surface area contributed by atoms with Gasteiger partial charge in [0.25, 0.3) is 0 Å². The zero-order chi connectivity index (χ0) is 18.1. The van der Waals surface area contributed by atoms with E-state index in [4.69, 9.17) is 0 Å². The minimum Gasteiger partial charge on any atom is -0.358 e. The largest absolute Gasteiger partial charge is 0.358 e. The minimum absolute atomic E-state index is 0.220. The summed E-state index contributed by atoms with van der Waals surface area (Å²) < 4.78 is 14.3. The van der Waals surface area contributed by atoms with Crippen LogP contribution in [0.5, 0.6) is 0 Å². The van der Waals surface area contributed by atoms with Crippen LogP contribution in [0.4, 0.5) is 4.39 Å². The molecule has 0 saturated carbocycles. The number of rotatable bonds is 3. The van der Waals surface area contributed by atoms with Gasteiger partial charge in [0.15, 0.2) is 0 Å². The van der Waals surface area contributed by atoms with Crippen LogP contribution in [0, 0.1) is 5.82 Å². The zero-order valence-electron chi connectivity index (χ0n) is 14.7. The van der Waals surface area contributed by atoms with Crippen molar-refractivity contribution in [3.8, 4) is 22.4 Å². The SMILES string of the molecule is CN1CCC(c2cc(-c3ccncc3Br)c(-c3ccc(F)cc3)[nH]2)CC1. The fourth-order valence-electron chi connectivity index (χ4n) is 3.67. The Morgan fingerprint density at radius 1 is 1.12 bits per heavy atom. The number of pyridine rings is 1. The summed E-state index contributed by atoms with van der Waals surface area (Å²) in [6.45, 7) is 2.23. The van der Waals surface area contributed by atoms with Crippen molar-refractivity contribution >= 4 is 15.9 Å². The number of aromatic nitrogens is 2. The summed E-state index contributed by atoms with van der Waals surface area (Å²) in [6.07, 6.45) is 5.91. The van der Waals surface area contributed by atoms with Crippen LogP contribution in [0.25, 0.3) is 22.4 Å². The number of benzene rings is 1. The molecule has 0 amide bonds. The lowest BCUT2D eigenvalue weighted by molar-refractivity contribution is 0.253. The number of halogens is 2. The van der Waals surface area contributed by atoms with Crippen LogP contribution in [0.1, 0.15) is 24.5 Å². The Kier molecular flexibility index (Phi) is 4.92. The predicted octanol–water partition coefficient (Wildman–Crippen LogP) is 5.45. The molecule has 1 aliphatic rings. The van der Waals surface area contributed by atoms with Crippen molar-refractivity contribution in [3.63, 3.8) is 0 Å². The molecule has 0 bridgehead atoms. The number of nitrogens with one attached hydrogen (secondary N) is 1. The molecule has 0 aliphatic carbocycles. The van der Waals surface area contributed by atoms with E-state index in [-0.39, 0.29) is 5.82 Å². The summed E-state index contributed by atoms with van der Waals surface area (Å²) in [5.74, 6) is 0.308. The number of likely N-dealkylation sites (tertiary alicyclic amines) is 1. The van der Waals surface area contributed by atoms with Gasteiger partial charge in [-0.2, -0.15) is 0 Å². The van der Waals surface area contributed by atoms with Gasteiger partial charge in [0.1, 0.15) is 5.82 Å². The molecule has 1 aromatic carbocycles. The molecule has 1 saturated heterocycles. The van der Waals surface area contributed by atoms with Gasteiger partial charge < -0.3 is 9.88 Å². The third-order valence-corrected chi connectivity index (χ3v) is 5.82. The molecular formula is C21H21BrFN3. The molecule has 1 N–H and O–H groups in total. The Bertz CT molecular complexity index is 896. The monoisotopic (exact) mass is 413 g/mol. The average Bonchev–Trinajstić information content (AvgIpc) is 3.08. The van der Waals surface area contributed by atoms with E-state index < -0.39 is 0 Å². The quantitative estimate of drug-likeness (QED) is 0.618. The van der Waals surface area contributed by atoms with Crippen molar-refractivity contribution in [2.24, 2.45) is 0 Å². The van der Waals surface area contributed by atoms with E-state index in [1.165, 1.54) is 17.8 Å². The van der Waals surface area contributed by atoms with Crippen molar-refractivity contribution in [2.45, 2.75) is 18.8 Å². The highest BCUT2D eigenvalue weighted by Crippen LogP contribution is 2.39. The van der Waals surface area contributed by atoms with Gasteiger partial charge in [-0.25, -0.2) is 4.39 Å². The van der Waals surface area contributed by atoms with Gasteiger partial charge in [0.05, 0.1) is 5.69 Å². The first kappa shape index (κ1) is 17.4. The fourth-order valence-corrected chi connectivity index (χ4v) is 4.13. The van der Waals surface area contributed by atoms with Crippen molar-refractivity contribution in [1.82, 2.24) is 14.9 Å². The summed E-state index contributed by atoms with van der Waals surface area (Å²) in [6, 6.07) is 11.0. The Morgan fingerprint density at radius 3 is 2.54 bits per heavy atom. The minimum atomic E-state index is -0.220. The number of aromatic amines is 1. The summed E-state index contributed by atoms with van der Waals surface area (Å²) in [7, 11) is 2.17. The van der Waals surface area contributed by atoms with Crippen molar-refractivity contribution in [1.29, 1.82) is 0 Å². The maximum Gasteiger partial charge on any atom is 0.123 e. The first-order chi connectivity index (χ1) is 12.6. The molecule has 3 heterocycles. The number of hydrogen-bond acceptors (Lipinski definition) is 2. The molecule has 0 radical (unpaired) electrons. The summed E-state index contributed by atoms with van der Waals surface area (Å²) in [4.78, 5) is 10.2. The maximum absolute atomic E-state index is 13.4. The molecule has 26 heavy (non-hydrogen) atoms. The molecular weight excluding hydrogens is 393 g/mol. The number of piperidine rings is 1. The van der Waals surface area contributed by atoms with Gasteiger partial charge in [-0.05, 0) is 90.9 Å². The van der Waals surface area contributed by atoms with Crippen LogP contribution in [-0.4, -0.2) is 35.0 Å². The number of H-pyrrole nitrogens is 1. The highest BCUT2D eigenvalue weighted by Gasteiger charge is 2.23. The first-order valence-corrected chi connectivity index (χ1v) is 9.68. The van der Waals surface area contributed by atoms with E-state index in [9.17, 15) is 4.39 Å². The Hall–Kier alpha value is -1.98. The second-order valence-corrected chi connectivity index (χ2v) is 7.81. The highest BCUT2D eigenvalue weighted by atomic mass is 79.9. The molecule has 0 atom stereocenters. The third kappa shape index (κ3) is 3.46. The number of nitrogens with zero attached hydrogens (tertiary/aromatic N) is 2. The van der Waals surface area contributed by atoms with Crippen molar-refractivity contribution < 1.29 is 4.39 Å². The van der Waals surface area contributed by atoms with Crippen LogP contribution < -0.4 is 0 Å². The van der Waals surface area contributed by atoms with Crippen molar-refractivity contribution in [3.05, 3.63) is 64.8 Å². The van der Waals surface area contributed by atoms with Gasteiger partial charge in [-0.15, -0.1) is 0 Å². The van der Waals surface area contributed by atoms with Crippen LogP contribution in [0.15, 0.2) is 53.3 Å². The van der Waals surface area contributed by atoms with E-state index >= 15 is 0 Å². The molecule has 1 aliphatic heterocycles. The van der Waals surface area contributed by atoms with Gasteiger partial charge in [-0.3, -0.25) is 4.98 Å².